The molecular weight excluding hydrogens is 257 g/mol. The number of ether oxygens (including phenoxy) is 1. The van der Waals surface area contributed by atoms with Crippen LogP contribution in [0.2, 0.25) is 0 Å². The minimum absolute atomic E-state index is 0.0205. The molecule has 0 spiro atoms. The van der Waals surface area contributed by atoms with E-state index in [1.54, 1.807) is 0 Å². The summed E-state index contributed by atoms with van der Waals surface area (Å²) in [7, 11) is 1.13. The lowest BCUT2D eigenvalue weighted by Crippen LogP contribution is -2.15. The Morgan fingerprint density at radius 3 is 2.53 bits per heavy atom. The Hall–Kier alpha value is -1.23. The van der Waals surface area contributed by atoms with Gasteiger partial charge in [-0.3, -0.25) is 4.79 Å². The maximum Gasteiger partial charge on any atom is 0.420 e. The lowest BCUT2D eigenvalue weighted by Gasteiger charge is -2.15. The highest BCUT2D eigenvalue weighted by molar-refractivity contribution is 6.19. The summed E-state index contributed by atoms with van der Waals surface area (Å²) in [5.74, 6) is -1.03. The minimum Gasteiger partial charge on any atom is -0.496 e. The molecule has 0 aliphatic carbocycles. The third kappa shape index (κ3) is 3.12. The average Bonchev–Trinajstić information content (AvgIpc) is 2.27. The van der Waals surface area contributed by atoms with Crippen molar-refractivity contribution in [2.24, 2.45) is 0 Å². The van der Waals surface area contributed by atoms with E-state index in [-0.39, 0.29) is 18.1 Å². The van der Waals surface area contributed by atoms with Crippen LogP contribution in [0.25, 0.3) is 0 Å². The van der Waals surface area contributed by atoms with Gasteiger partial charge in [-0.1, -0.05) is 12.1 Å². The first-order valence-electron chi connectivity index (χ1n) is 4.75. The fraction of sp³-hybridized carbons (Fsp3) is 0.364. The zero-order valence-electron chi connectivity index (χ0n) is 8.97. The highest BCUT2D eigenvalue weighted by Crippen LogP contribution is 2.39. The molecule has 0 unspecified atom stereocenters. The maximum atomic E-state index is 12.8. The van der Waals surface area contributed by atoms with Crippen molar-refractivity contribution in [1.29, 1.82) is 0 Å². The zero-order valence-corrected chi connectivity index (χ0v) is 9.73. The second kappa shape index (κ2) is 5.40. The van der Waals surface area contributed by atoms with Crippen molar-refractivity contribution < 1.29 is 22.7 Å². The van der Waals surface area contributed by atoms with Crippen LogP contribution in [-0.2, 0) is 6.18 Å². The first kappa shape index (κ1) is 13.8. The van der Waals surface area contributed by atoms with E-state index < -0.39 is 23.1 Å². The molecule has 0 bridgehead atoms. The van der Waals surface area contributed by atoms with Crippen LogP contribution in [0.3, 0.4) is 0 Å². The van der Waals surface area contributed by atoms with Gasteiger partial charge in [0.1, 0.15) is 11.3 Å². The van der Waals surface area contributed by atoms with Crippen LogP contribution in [0.4, 0.5) is 13.2 Å². The lowest BCUT2D eigenvalue weighted by molar-refractivity contribution is -0.139. The summed E-state index contributed by atoms with van der Waals surface area (Å²) in [6.07, 6.45) is -4.78. The summed E-state index contributed by atoms with van der Waals surface area (Å²) < 4.78 is 43.1. The van der Waals surface area contributed by atoms with Crippen molar-refractivity contribution in [2.75, 3.05) is 13.0 Å². The molecule has 0 amide bonds. The highest BCUT2D eigenvalue weighted by atomic mass is 35.5. The first-order chi connectivity index (χ1) is 7.91. The Balaban J connectivity index is 3.35. The number of hydrogen-bond donors (Lipinski definition) is 0. The van der Waals surface area contributed by atoms with Crippen LogP contribution in [0.15, 0.2) is 18.2 Å². The van der Waals surface area contributed by atoms with E-state index in [0.29, 0.717) is 0 Å². The van der Waals surface area contributed by atoms with Gasteiger partial charge < -0.3 is 4.74 Å². The van der Waals surface area contributed by atoms with Crippen molar-refractivity contribution >= 4 is 17.4 Å². The summed E-state index contributed by atoms with van der Waals surface area (Å²) in [5, 5.41) is 0. The predicted octanol–water partition coefficient (Wildman–Crippen LogP) is 3.53. The summed E-state index contributed by atoms with van der Waals surface area (Å²) in [5.41, 5.74) is -1.45. The fourth-order valence-electron chi connectivity index (χ4n) is 1.45. The SMILES string of the molecule is COc1cccc(C(=O)CCCl)c1C(F)(F)F. The van der Waals surface area contributed by atoms with Gasteiger partial charge >= 0.3 is 6.18 Å². The summed E-state index contributed by atoms with van der Waals surface area (Å²) >= 11 is 5.35. The van der Waals surface area contributed by atoms with E-state index in [4.69, 9.17) is 11.6 Å². The molecule has 0 heterocycles. The largest absolute Gasteiger partial charge is 0.496 e. The number of ketones is 1. The number of methoxy groups -OCH3 is 1. The molecule has 1 aromatic carbocycles. The highest BCUT2D eigenvalue weighted by Gasteiger charge is 2.38. The van der Waals surface area contributed by atoms with Crippen molar-refractivity contribution in [1.82, 2.24) is 0 Å². The Morgan fingerprint density at radius 2 is 2.06 bits per heavy atom. The number of alkyl halides is 4. The van der Waals surface area contributed by atoms with Crippen molar-refractivity contribution in [3.05, 3.63) is 29.3 Å². The predicted molar refractivity (Wildman–Crippen MR) is 57.7 cm³/mol. The van der Waals surface area contributed by atoms with Crippen LogP contribution in [0, 0.1) is 0 Å². The van der Waals surface area contributed by atoms with E-state index in [0.717, 1.165) is 13.2 Å². The number of Topliss-reactive ketones (excluding diaryl/α,β-unsaturated/α-hetero) is 1. The van der Waals surface area contributed by atoms with Gasteiger partial charge in [-0.2, -0.15) is 13.2 Å². The van der Waals surface area contributed by atoms with Crippen molar-refractivity contribution in [3.8, 4) is 5.75 Å². The number of carbonyl (C=O) groups is 1. The summed E-state index contributed by atoms with van der Waals surface area (Å²) in [6, 6.07) is 3.63. The fourth-order valence-corrected chi connectivity index (χ4v) is 1.62. The molecule has 6 heteroatoms. The van der Waals surface area contributed by atoms with Crippen LogP contribution in [-0.4, -0.2) is 18.8 Å². The number of rotatable bonds is 4. The van der Waals surface area contributed by atoms with Gasteiger partial charge in [0, 0.05) is 17.9 Å². The average molecular weight is 267 g/mol. The molecule has 0 saturated heterocycles. The van der Waals surface area contributed by atoms with E-state index in [1.807, 2.05) is 0 Å². The Bertz CT molecular complexity index is 416. The quantitative estimate of drug-likeness (QED) is 0.616. The molecule has 2 nitrogen and oxygen atoms in total. The molecule has 1 aromatic rings. The van der Waals surface area contributed by atoms with Gasteiger partial charge in [0.15, 0.2) is 5.78 Å². The molecule has 94 valence electrons. The van der Waals surface area contributed by atoms with Gasteiger partial charge in [0.25, 0.3) is 0 Å². The molecule has 0 aromatic heterocycles. The monoisotopic (exact) mass is 266 g/mol. The molecule has 0 atom stereocenters. The molecule has 0 aliphatic rings. The molecular formula is C11H10ClF3O2. The van der Waals surface area contributed by atoms with E-state index in [2.05, 4.69) is 4.74 Å². The molecule has 1 rings (SSSR count). The van der Waals surface area contributed by atoms with Crippen LogP contribution >= 0.6 is 11.6 Å². The molecule has 17 heavy (non-hydrogen) atoms. The van der Waals surface area contributed by atoms with Crippen molar-refractivity contribution in [3.63, 3.8) is 0 Å². The Labute approximate surface area is 101 Å². The Morgan fingerprint density at radius 1 is 1.41 bits per heavy atom. The number of hydrogen-bond acceptors (Lipinski definition) is 2. The second-order valence-corrected chi connectivity index (χ2v) is 3.62. The molecule has 0 fully saturated rings. The van der Waals surface area contributed by atoms with Gasteiger partial charge in [-0.15, -0.1) is 11.6 Å². The molecule has 0 N–H and O–H groups in total. The minimum atomic E-state index is -4.64. The molecule has 0 saturated carbocycles. The number of carbonyl (C=O) groups excluding carboxylic acids is 1. The smallest absolute Gasteiger partial charge is 0.420 e. The van der Waals surface area contributed by atoms with Gasteiger partial charge in [-0.05, 0) is 6.07 Å². The van der Waals surface area contributed by atoms with Crippen LogP contribution in [0.5, 0.6) is 5.75 Å². The van der Waals surface area contributed by atoms with Crippen LogP contribution < -0.4 is 4.74 Å². The van der Waals surface area contributed by atoms with E-state index in [9.17, 15) is 18.0 Å². The molecule has 0 radical (unpaired) electrons. The summed E-state index contributed by atoms with van der Waals surface area (Å²) in [4.78, 5) is 11.5. The van der Waals surface area contributed by atoms with E-state index in [1.165, 1.54) is 12.1 Å². The first-order valence-corrected chi connectivity index (χ1v) is 5.28. The normalized spacial score (nSPS) is 11.4. The van der Waals surface area contributed by atoms with Crippen molar-refractivity contribution in [2.45, 2.75) is 12.6 Å². The topological polar surface area (TPSA) is 26.3 Å². The standard InChI is InChI=1S/C11H10ClF3O2/c1-17-9-4-2-3-7(8(16)5-6-12)10(9)11(13,14)15/h2-4H,5-6H2,1H3. The third-order valence-corrected chi connectivity index (χ3v) is 2.34. The van der Waals surface area contributed by atoms with Crippen LogP contribution in [0.1, 0.15) is 22.3 Å². The number of benzene rings is 1. The lowest BCUT2D eigenvalue weighted by atomic mass is 10.0. The van der Waals surface area contributed by atoms with Gasteiger partial charge in [-0.25, -0.2) is 0 Å². The van der Waals surface area contributed by atoms with Gasteiger partial charge in [0.05, 0.1) is 7.11 Å². The maximum absolute atomic E-state index is 12.8. The third-order valence-electron chi connectivity index (χ3n) is 2.15. The molecule has 0 aliphatic heterocycles. The second-order valence-electron chi connectivity index (χ2n) is 3.24. The van der Waals surface area contributed by atoms with Gasteiger partial charge in [0.2, 0.25) is 0 Å². The zero-order chi connectivity index (χ0) is 13.1. The van der Waals surface area contributed by atoms with E-state index >= 15 is 0 Å². The summed E-state index contributed by atoms with van der Waals surface area (Å²) in [6.45, 7) is 0. The number of halogens is 4. The Kier molecular flexibility index (Phi) is 4.40.